The Labute approximate surface area is 123 Å². The number of pyridine rings is 1. The van der Waals surface area contributed by atoms with Crippen molar-refractivity contribution >= 4 is 11.8 Å². The summed E-state index contributed by atoms with van der Waals surface area (Å²) in [5.74, 6) is 2.34. The summed E-state index contributed by atoms with van der Waals surface area (Å²) in [4.78, 5) is 5.92. The summed E-state index contributed by atoms with van der Waals surface area (Å²) < 4.78 is 5.47. The number of thioether (sulfide) groups is 1. The van der Waals surface area contributed by atoms with Gasteiger partial charge < -0.3 is 10.1 Å². The Hall–Kier alpha value is -1.52. The topological polar surface area (TPSA) is 34.2 Å². The molecule has 0 fully saturated rings. The highest BCUT2D eigenvalue weighted by molar-refractivity contribution is 7.99. The first kappa shape index (κ1) is 13.5. The molecule has 2 aromatic rings. The van der Waals surface area contributed by atoms with Gasteiger partial charge in [-0.25, -0.2) is 0 Å². The van der Waals surface area contributed by atoms with Crippen LogP contribution in [0.1, 0.15) is 23.2 Å². The van der Waals surface area contributed by atoms with Gasteiger partial charge in [0.15, 0.2) is 0 Å². The van der Waals surface area contributed by atoms with E-state index < -0.39 is 0 Å². The van der Waals surface area contributed by atoms with E-state index in [9.17, 15) is 0 Å². The zero-order valence-corrected chi connectivity index (χ0v) is 12.5. The van der Waals surface area contributed by atoms with Crippen LogP contribution >= 0.6 is 11.8 Å². The maximum absolute atomic E-state index is 5.47. The zero-order valence-electron chi connectivity index (χ0n) is 11.7. The monoisotopic (exact) mass is 286 g/mol. The Bertz CT molecular complexity index is 603. The summed E-state index contributed by atoms with van der Waals surface area (Å²) in [6.07, 6.45) is 1.83. The van der Waals surface area contributed by atoms with Crippen LogP contribution < -0.4 is 10.1 Å². The fourth-order valence-corrected chi connectivity index (χ4v) is 4.09. The predicted molar refractivity (Wildman–Crippen MR) is 82.5 cm³/mol. The first-order chi connectivity index (χ1) is 9.85. The number of nitrogens with zero attached hydrogens (tertiary/aromatic N) is 1. The van der Waals surface area contributed by atoms with E-state index in [1.54, 1.807) is 7.11 Å². The van der Waals surface area contributed by atoms with Crippen LogP contribution in [0.3, 0.4) is 0 Å². The lowest BCUT2D eigenvalue weighted by Crippen LogP contribution is -2.25. The van der Waals surface area contributed by atoms with Gasteiger partial charge in [0.05, 0.1) is 18.8 Å². The predicted octanol–water partition coefficient (Wildman–Crippen LogP) is 3.24. The van der Waals surface area contributed by atoms with Gasteiger partial charge in [-0.2, -0.15) is 0 Å². The molecular weight excluding hydrogens is 268 g/mol. The molecule has 0 radical (unpaired) electrons. The van der Waals surface area contributed by atoms with Gasteiger partial charge in [0.1, 0.15) is 5.75 Å². The van der Waals surface area contributed by atoms with Crippen molar-refractivity contribution in [3.63, 3.8) is 0 Å². The average Bonchev–Trinajstić information content (AvgIpc) is 2.93. The second-order valence-corrected chi connectivity index (χ2v) is 5.87. The summed E-state index contributed by atoms with van der Waals surface area (Å²) in [5, 5.41) is 3.42. The van der Waals surface area contributed by atoms with Gasteiger partial charge in [0.25, 0.3) is 0 Å². The number of aromatic nitrogens is 1. The number of nitrogens with one attached hydrogen (secondary N) is 1. The molecule has 0 amide bonds. The maximum atomic E-state index is 5.47. The second-order valence-electron chi connectivity index (χ2n) is 4.81. The smallest absolute Gasteiger partial charge is 0.142 e. The van der Waals surface area contributed by atoms with E-state index in [-0.39, 0.29) is 6.04 Å². The quantitative estimate of drug-likeness (QED) is 0.935. The molecule has 0 spiro atoms. The Morgan fingerprint density at radius 1 is 1.30 bits per heavy atom. The number of fused-ring (bicyclic) bond motifs is 1. The molecule has 1 aromatic carbocycles. The van der Waals surface area contributed by atoms with Gasteiger partial charge in [-0.3, -0.25) is 4.98 Å². The largest absolute Gasteiger partial charge is 0.495 e. The van der Waals surface area contributed by atoms with Gasteiger partial charge in [-0.15, -0.1) is 11.8 Å². The fourth-order valence-electron chi connectivity index (χ4n) is 2.80. The Kier molecular flexibility index (Phi) is 3.94. The Morgan fingerprint density at radius 3 is 2.95 bits per heavy atom. The normalized spacial score (nSPS) is 18.6. The highest BCUT2D eigenvalue weighted by atomic mass is 32.2. The van der Waals surface area contributed by atoms with E-state index in [1.165, 1.54) is 10.5 Å². The number of ether oxygens (including phenoxy) is 1. The van der Waals surface area contributed by atoms with Crippen LogP contribution in [0.25, 0.3) is 0 Å². The van der Waals surface area contributed by atoms with Gasteiger partial charge >= 0.3 is 0 Å². The number of rotatable bonds is 4. The summed E-state index contributed by atoms with van der Waals surface area (Å²) in [6, 6.07) is 12.7. The first-order valence-electron chi connectivity index (χ1n) is 6.73. The molecule has 1 aliphatic heterocycles. The van der Waals surface area contributed by atoms with E-state index in [4.69, 9.17) is 4.74 Å². The molecule has 1 aliphatic rings. The summed E-state index contributed by atoms with van der Waals surface area (Å²) >= 11 is 1.92. The Balaban J connectivity index is 1.99. The second kappa shape index (κ2) is 5.85. The van der Waals surface area contributed by atoms with Crippen molar-refractivity contribution in [1.29, 1.82) is 0 Å². The van der Waals surface area contributed by atoms with Crippen LogP contribution in [-0.4, -0.2) is 24.9 Å². The molecule has 2 atom stereocenters. The van der Waals surface area contributed by atoms with E-state index in [0.717, 1.165) is 17.2 Å². The molecule has 3 nitrogen and oxygen atoms in total. The minimum atomic E-state index is 0.169. The van der Waals surface area contributed by atoms with Crippen molar-refractivity contribution in [2.24, 2.45) is 0 Å². The summed E-state index contributed by atoms with van der Waals surface area (Å²) in [5.41, 5.74) is 2.39. The molecule has 20 heavy (non-hydrogen) atoms. The van der Waals surface area contributed by atoms with Gasteiger partial charge in [-0.1, -0.05) is 18.2 Å². The van der Waals surface area contributed by atoms with Crippen LogP contribution in [0.2, 0.25) is 0 Å². The van der Waals surface area contributed by atoms with E-state index >= 15 is 0 Å². The molecule has 0 saturated carbocycles. The molecule has 104 valence electrons. The first-order valence-corrected chi connectivity index (χ1v) is 7.71. The highest BCUT2D eigenvalue weighted by Crippen LogP contribution is 2.46. The molecule has 0 bridgehead atoms. The third-order valence-electron chi connectivity index (χ3n) is 3.76. The van der Waals surface area contributed by atoms with Crippen LogP contribution in [0, 0.1) is 0 Å². The summed E-state index contributed by atoms with van der Waals surface area (Å²) in [7, 11) is 3.69. The molecule has 1 aromatic heterocycles. The van der Waals surface area contributed by atoms with Crippen molar-refractivity contribution in [3.8, 4) is 5.75 Å². The third kappa shape index (κ3) is 2.30. The molecular formula is C16H18N2OS. The van der Waals surface area contributed by atoms with Crippen molar-refractivity contribution in [2.75, 3.05) is 19.9 Å². The van der Waals surface area contributed by atoms with Gasteiger partial charge in [0, 0.05) is 22.8 Å². The maximum Gasteiger partial charge on any atom is 0.142 e. The van der Waals surface area contributed by atoms with E-state index in [1.807, 2.05) is 37.1 Å². The average molecular weight is 286 g/mol. The van der Waals surface area contributed by atoms with Gasteiger partial charge in [-0.05, 0) is 30.8 Å². The number of hydrogen-bond acceptors (Lipinski definition) is 4. The van der Waals surface area contributed by atoms with Crippen LogP contribution in [0.15, 0.2) is 47.5 Å². The van der Waals surface area contributed by atoms with Gasteiger partial charge in [0.2, 0.25) is 0 Å². The van der Waals surface area contributed by atoms with Crippen molar-refractivity contribution in [3.05, 3.63) is 53.9 Å². The number of hydrogen-bond donors (Lipinski definition) is 1. The lowest BCUT2D eigenvalue weighted by atomic mass is 9.90. The molecule has 2 heterocycles. The summed E-state index contributed by atoms with van der Waals surface area (Å²) in [6.45, 7) is 0. The molecule has 1 N–H and O–H groups in total. The van der Waals surface area contributed by atoms with Crippen LogP contribution in [0.4, 0.5) is 0 Å². The van der Waals surface area contributed by atoms with Crippen LogP contribution in [0.5, 0.6) is 5.75 Å². The number of benzene rings is 1. The third-order valence-corrected chi connectivity index (χ3v) is 4.97. The molecule has 2 unspecified atom stereocenters. The van der Waals surface area contributed by atoms with E-state index in [0.29, 0.717) is 5.92 Å². The Morgan fingerprint density at radius 2 is 2.15 bits per heavy atom. The molecule has 3 rings (SSSR count). The minimum absolute atomic E-state index is 0.169. The zero-order chi connectivity index (χ0) is 13.9. The number of methoxy groups -OCH3 is 1. The van der Waals surface area contributed by atoms with Crippen molar-refractivity contribution in [1.82, 2.24) is 10.3 Å². The SMILES string of the molecule is CNC(c1ncccc1OC)C1CSc2ccccc21. The minimum Gasteiger partial charge on any atom is -0.495 e. The fraction of sp³-hybridized carbons (Fsp3) is 0.312. The molecule has 0 aliphatic carbocycles. The van der Waals surface area contributed by atoms with Crippen molar-refractivity contribution < 1.29 is 4.74 Å². The highest BCUT2D eigenvalue weighted by Gasteiger charge is 2.32. The lowest BCUT2D eigenvalue weighted by Gasteiger charge is -2.24. The number of likely N-dealkylation sites (N-methyl/N-ethyl adjacent to an activating group) is 1. The van der Waals surface area contributed by atoms with E-state index in [2.05, 4.69) is 34.6 Å². The van der Waals surface area contributed by atoms with Crippen LogP contribution in [-0.2, 0) is 0 Å². The molecule has 0 saturated heterocycles. The van der Waals surface area contributed by atoms with Crippen molar-refractivity contribution in [2.45, 2.75) is 16.9 Å². The lowest BCUT2D eigenvalue weighted by molar-refractivity contribution is 0.389. The molecule has 4 heteroatoms. The standard InChI is InChI=1S/C16H18N2OS/c1-17-15(16-13(19-2)7-5-9-18-16)12-10-20-14-8-4-3-6-11(12)14/h3-9,12,15,17H,10H2,1-2H3.